The molecule has 0 fully saturated rings. The number of hydrogen-bond acceptors (Lipinski definition) is 7. The van der Waals surface area contributed by atoms with E-state index in [4.69, 9.17) is 4.74 Å². The Morgan fingerprint density at radius 1 is 1.24 bits per heavy atom. The Hall–Kier alpha value is -2.65. The Morgan fingerprint density at radius 2 is 2.00 bits per heavy atom. The Morgan fingerprint density at radius 3 is 2.68 bits per heavy atom. The zero-order chi connectivity index (χ0) is 18.0. The third-order valence-corrected chi connectivity index (χ3v) is 4.46. The number of aryl methyl sites for hydroxylation is 1. The molecule has 1 aliphatic heterocycles. The molecule has 0 spiro atoms. The molecule has 1 N–H and O–H groups in total. The Balaban J connectivity index is 1.78. The fraction of sp³-hybridized carbons (Fsp3) is 0.312. The number of anilines is 1. The quantitative estimate of drug-likeness (QED) is 0.622. The summed E-state index contributed by atoms with van der Waals surface area (Å²) in [7, 11) is 1.56. The van der Waals surface area contributed by atoms with Crippen LogP contribution in [0.4, 0.5) is 5.13 Å². The summed E-state index contributed by atoms with van der Waals surface area (Å²) in [5, 5.41) is 11.4. The van der Waals surface area contributed by atoms with E-state index in [0.29, 0.717) is 23.7 Å². The summed E-state index contributed by atoms with van der Waals surface area (Å²) < 4.78 is 4.95. The number of amides is 3. The molecule has 0 bridgehead atoms. The number of ether oxygens (including phenoxy) is 1. The number of rotatable bonds is 6. The average Bonchev–Trinajstić information content (AvgIpc) is 3.11. The van der Waals surface area contributed by atoms with E-state index >= 15 is 0 Å². The van der Waals surface area contributed by atoms with Crippen LogP contribution >= 0.6 is 11.3 Å². The van der Waals surface area contributed by atoms with Gasteiger partial charge in [-0.1, -0.05) is 11.3 Å². The lowest BCUT2D eigenvalue weighted by Crippen LogP contribution is -2.31. The van der Waals surface area contributed by atoms with Gasteiger partial charge < -0.3 is 4.74 Å². The smallest absolute Gasteiger partial charge is 0.261 e. The third kappa shape index (κ3) is 3.42. The molecule has 3 rings (SSSR count). The molecular weight excluding hydrogens is 344 g/mol. The molecule has 0 unspecified atom stereocenters. The van der Waals surface area contributed by atoms with E-state index in [1.807, 2.05) is 0 Å². The summed E-state index contributed by atoms with van der Waals surface area (Å²) >= 11 is 1.25. The lowest BCUT2D eigenvalue weighted by atomic mass is 10.1. The molecule has 3 amide bonds. The fourth-order valence-electron chi connectivity index (χ4n) is 2.52. The van der Waals surface area contributed by atoms with Crippen molar-refractivity contribution in [2.24, 2.45) is 0 Å². The van der Waals surface area contributed by atoms with E-state index in [1.54, 1.807) is 14.0 Å². The van der Waals surface area contributed by atoms with E-state index in [1.165, 1.54) is 34.4 Å². The van der Waals surface area contributed by atoms with E-state index in [9.17, 15) is 14.4 Å². The van der Waals surface area contributed by atoms with Gasteiger partial charge in [-0.2, -0.15) is 0 Å². The van der Waals surface area contributed by atoms with Crippen LogP contribution < -0.4 is 5.32 Å². The molecule has 130 valence electrons. The fourth-order valence-corrected chi connectivity index (χ4v) is 3.11. The molecule has 0 aliphatic carbocycles. The lowest BCUT2D eigenvalue weighted by Gasteiger charge is -2.12. The van der Waals surface area contributed by atoms with Gasteiger partial charge in [-0.25, -0.2) is 0 Å². The van der Waals surface area contributed by atoms with Crippen molar-refractivity contribution in [3.63, 3.8) is 0 Å². The van der Waals surface area contributed by atoms with Gasteiger partial charge >= 0.3 is 0 Å². The maximum Gasteiger partial charge on any atom is 0.261 e. The van der Waals surface area contributed by atoms with E-state index < -0.39 is 11.8 Å². The van der Waals surface area contributed by atoms with Crippen LogP contribution in [0.25, 0.3) is 0 Å². The van der Waals surface area contributed by atoms with Gasteiger partial charge in [0, 0.05) is 25.8 Å². The minimum absolute atomic E-state index is 0.239. The van der Waals surface area contributed by atoms with Gasteiger partial charge in [0.15, 0.2) is 0 Å². The van der Waals surface area contributed by atoms with Gasteiger partial charge in [-0.15, -0.1) is 10.2 Å². The van der Waals surface area contributed by atoms with Crippen LogP contribution in [0, 0.1) is 6.92 Å². The molecule has 1 aliphatic rings. The van der Waals surface area contributed by atoms with Crippen LogP contribution in [0.5, 0.6) is 0 Å². The number of fused-ring (bicyclic) bond motifs is 1. The number of methoxy groups -OCH3 is 1. The van der Waals surface area contributed by atoms with E-state index in [2.05, 4.69) is 15.5 Å². The third-order valence-electron chi connectivity index (χ3n) is 3.71. The monoisotopic (exact) mass is 360 g/mol. The highest BCUT2D eigenvalue weighted by atomic mass is 32.1. The van der Waals surface area contributed by atoms with Crippen molar-refractivity contribution in [2.45, 2.75) is 13.3 Å². The average molecular weight is 360 g/mol. The molecule has 2 aromatic rings. The number of nitrogens with zero attached hydrogens (tertiary/aromatic N) is 3. The number of hydrogen-bond donors (Lipinski definition) is 1. The number of carbonyl (C=O) groups is 3. The topological polar surface area (TPSA) is 101 Å². The summed E-state index contributed by atoms with van der Waals surface area (Å²) in [4.78, 5) is 38.3. The van der Waals surface area contributed by atoms with Gasteiger partial charge in [-0.05, 0) is 31.5 Å². The lowest BCUT2D eigenvalue weighted by molar-refractivity contribution is 0.0638. The first-order valence-electron chi connectivity index (χ1n) is 7.62. The second-order valence-electron chi connectivity index (χ2n) is 5.45. The number of nitrogens with one attached hydrogen (secondary N) is 1. The van der Waals surface area contributed by atoms with E-state index in [0.717, 1.165) is 5.01 Å². The molecule has 2 heterocycles. The van der Waals surface area contributed by atoms with E-state index in [-0.39, 0.29) is 23.6 Å². The molecule has 0 radical (unpaired) electrons. The molecule has 0 saturated carbocycles. The van der Waals surface area contributed by atoms with Crippen molar-refractivity contribution in [1.29, 1.82) is 0 Å². The first-order chi connectivity index (χ1) is 12.0. The van der Waals surface area contributed by atoms with Crippen LogP contribution in [-0.2, 0) is 4.74 Å². The van der Waals surface area contributed by atoms with Crippen molar-refractivity contribution >= 4 is 34.2 Å². The van der Waals surface area contributed by atoms with Crippen LogP contribution in [-0.4, -0.2) is 53.1 Å². The van der Waals surface area contributed by atoms with Crippen molar-refractivity contribution < 1.29 is 19.1 Å². The molecule has 1 aromatic heterocycles. The highest BCUT2D eigenvalue weighted by Crippen LogP contribution is 2.25. The number of benzene rings is 1. The summed E-state index contributed by atoms with van der Waals surface area (Å²) in [5.41, 5.74) is 0.834. The molecule has 0 atom stereocenters. The predicted molar refractivity (Wildman–Crippen MR) is 90.9 cm³/mol. The highest BCUT2D eigenvalue weighted by Gasteiger charge is 2.35. The van der Waals surface area contributed by atoms with Crippen molar-refractivity contribution in [3.8, 4) is 0 Å². The van der Waals surface area contributed by atoms with Crippen LogP contribution in [0.2, 0.25) is 0 Å². The van der Waals surface area contributed by atoms with Crippen molar-refractivity contribution in [2.75, 3.05) is 25.6 Å². The van der Waals surface area contributed by atoms with Gasteiger partial charge in [-0.3, -0.25) is 24.6 Å². The Labute approximate surface area is 147 Å². The highest BCUT2D eigenvalue weighted by molar-refractivity contribution is 7.15. The van der Waals surface area contributed by atoms with Gasteiger partial charge in [0.05, 0.1) is 11.1 Å². The van der Waals surface area contributed by atoms with Gasteiger partial charge in [0.1, 0.15) is 5.01 Å². The number of imide groups is 1. The second kappa shape index (κ2) is 7.08. The van der Waals surface area contributed by atoms with Crippen LogP contribution in [0.1, 0.15) is 42.5 Å². The normalized spacial score (nSPS) is 13.3. The molecule has 25 heavy (non-hydrogen) atoms. The van der Waals surface area contributed by atoms with Gasteiger partial charge in [0.2, 0.25) is 5.13 Å². The number of carbonyl (C=O) groups excluding carboxylic acids is 3. The first-order valence-corrected chi connectivity index (χ1v) is 8.43. The zero-order valence-electron chi connectivity index (χ0n) is 13.7. The zero-order valence-corrected chi connectivity index (χ0v) is 14.6. The minimum atomic E-state index is -0.406. The predicted octanol–water partition coefficient (Wildman–Crippen LogP) is 1.73. The minimum Gasteiger partial charge on any atom is -0.385 e. The summed E-state index contributed by atoms with van der Waals surface area (Å²) in [5.74, 6) is -1.14. The standard InChI is InChI=1S/C16H16N4O4S/c1-9-18-19-16(25-9)17-13(21)10-4-5-11-12(8-10)15(23)20(14(11)22)6-3-7-24-2/h4-5,8H,3,6-7H2,1-2H3,(H,17,19,21). The van der Waals surface area contributed by atoms with Crippen molar-refractivity contribution in [3.05, 3.63) is 39.9 Å². The molecule has 1 aromatic carbocycles. The number of aromatic nitrogens is 2. The molecular formula is C16H16N4O4S. The maximum absolute atomic E-state index is 12.5. The largest absolute Gasteiger partial charge is 0.385 e. The molecule has 0 saturated heterocycles. The summed E-state index contributed by atoms with van der Waals surface area (Å²) in [6.45, 7) is 2.53. The Kier molecular flexibility index (Phi) is 4.86. The second-order valence-corrected chi connectivity index (χ2v) is 6.63. The molecule has 9 heteroatoms. The maximum atomic E-state index is 12.5. The van der Waals surface area contributed by atoms with Gasteiger partial charge in [0.25, 0.3) is 17.7 Å². The summed E-state index contributed by atoms with van der Waals surface area (Å²) in [6.07, 6.45) is 0.561. The van der Waals surface area contributed by atoms with Crippen molar-refractivity contribution in [1.82, 2.24) is 15.1 Å². The van der Waals surface area contributed by atoms with Crippen LogP contribution in [0.3, 0.4) is 0 Å². The first kappa shape index (κ1) is 17.2. The Bertz CT molecular complexity index is 848. The van der Waals surface area contributed by atoms with Crippen LogP contribution in [0.15, 0.2) is 18.2 Å². The SMILES string of the molecule is COCCCN1C(=O)c2ccc(C(=O)Nc3nnc(C)s3)cc2C1=O. The molecule has 8 nitrogen and oxygen atoms in total. The summed E-state index contributed by atoms with van der Waals surface area (Å²) in [6, 6.07) is 4.47.